The highest BCUT2D eigenvalue weighted by molar-refractivity contribution is 6.17. The van der Waals surface area contributed by atoms with Gasteiger partial charge in [0.15, 0.2) is 0 Å². The predicted octanol–water partition coefficient (Wildman–Crippen LogP) is 3.34. The molecule has 6 nitrogen and oxygen atoms in total. The number of anilines is 1. The number of rotatable bonds is 8. The average Bonchev–Trinajstić information content (AvgIpc) is 2.41. The molecule has 1 N–H and O–H groups in total. The number of benzene rings is 1. The number of alkyl halides is 1. The van der Waals surface area contributed by atoms with Gasteiger partial charge in [-0.3, -0.25) is 14.9 Å². The van der Waals surface area contributed by atoms with Gasteiger partial charge < -0.3 is 10.1 Å². The second-order valence-electron chi connectivity index (χ2n) is 4.06. The van der Waals surface area contributed by atoms with Crippen LogP contribution in [0.1, 0.15) is 26.2 Å². The van der Waals surface area contributed by atoms with Crippen molar-refractivity contribution in [2.24, 2.45) is 0 Å². The molecule has 0 aliphatic rings. The zero-order valence-electron chi connectivity index (χ0n) is 11.2. The summed E-state index contributed by atoms with van der Waals surface area (Å²) in [5.74, 6) is 0.637. The number of nitro benzene ring substituents is 1. The Balaban J connectivity index is 2.78. The minimum Gasteiger partial charge on any atom is -0.494 e. The van der Waals surface area contributed by atoms with Gasteiger partial charge in [0.1, 0.15) is 11.4 Å². The molecule has 1 rings (SSSR count). The fourth-order valence-electron chi connectivity index (χ4n) is 1.62. The van der Waals surface area contributed by atoms with Crippen LogP contribution in [0.5, 0.6) is 5.75 Å². The van der Waals surface area contributed by atoms with E-state index in [0.29, 0.717) is 24.7 Å². The van der Waals surface area contributed by atoms with Gasteiger partial charge in [0.25, 0.3) is 5.69 Å². The van der Waals surface area contributed by atoms with Gasteiger partial charge in [0, 0.05) is 12.3 Å². The summed E-state index contributed by atoms with van der Waals surface area (Å²) in [4.78, 5) is 22.1. The fourth-order valence-corrected chi connectivity index (χ4v) is 1.81. The van der Waals surface area contributed by atoms with E-state index < -0.39 is 4.92 Å². The average molecular weight is 301 g/mol. The van der Waals surface area contributed by atoms with E-state index in [0.717, 1.165) is 6.42 Å². The third kappa shape index (κ3) is 5.05. The molecular formula is C13H17ClN2O4. The van der Waals surface area contributed by atoms with E-state index in [1.807, 2.05) is 0 Å². The molecule has 0 bridgehead atoms. The number of nitro groups is 1. The zero-order valence-corrected chi connectivity index (χ0v) is 12.0. The predicted molar refractivity (Wildman–Crippen MR) is 77.5 cm³/mol. The second kappa shape index (κ2) is 8.37. The minimum absolute atomic E-state index is 0.175. The number of unbranched alkanes of at least 4 members (excludes halogenated alkanes) is 1. The van der Waals surface area contributed by atoms with E-state index in [2.05, 4.69) is 5.32 Å². The fraction of sp³-hybridized carbons (Fsp3) is 0.462. The number of hydrogen-bond acceptors (Lipinski definition) is 4. The second-order valence-corrected chi connectivity index (χ2v) is 4.44. The van der Waals surface area contributed by atoms with Crippen LogP contribution in [0.25, 0.3) is 0 Å². The van der Waals surface area contributed by atoms with E-state index in [1.54, 1.807) is 13.0 Å². The number of nitrogens with one attached hydrogen (secondary N) is 1. The molecule has 0 aliphatic carbocycles. The molecule has 0 spiro atoms. The highest BCUT2D eigenvalue weighted by Crippen LogP contribution is 2.29. The van der Waals surface area contributed by atoms with Gasteiger partial charge in [-0.25, -0.2) is 0 Å². The Bertz CT molecular complexity index is 479. The molecule has 0 saturated carbocycles. The third-order valence-corrected chi connectivity index (χ3v) is 2.81. The SMILES string of the molecule is CCOc1ccc(NC(=O)CCCCCl)c([N+](=O)[O-])c1. The Kier molecular flexibility index (Phi) is 6.79. The lowest BCUT2D eigenvalue weighted by molar-refractivity contribution is -0.384. The summed E-state index contributed by atoms with van der Waals surface area (Å²) in [6, 6.07) is 4.37. The topological polar surface area (TPSA) is 81.5 Å². The maximum Gasteiger partial charge on any atom is 0.296 e. The number of nitrogens with zero attached hydrogens (tertiary/aromatic N) is 1. The first-order chi connectivity index (χ1) is 9.58. The molecule has 0 aliphatic heterocycles. The molecule has 1 aromatic rings. The van der Waals surface area contributed by atoms with Crippen LogP contribution < -0.4 is 10.1 Å². The smallest absolute Gasteiger partial charge is 0.296 e. The largest absolute Gasteiger partial charge is 0.494 e. The van der Waals surface area contributed by atoms with Crippen LogP contribution in [-0.4, -0.2) is 23.3 Å². The highest BCUT2D eigenvalue weighted by atomic mass is 35.5. The van der Waals surface area contributed by atoms with Crippen molar-refractivity contribution < 1.29 is 14.5 Å². The first-order valence-corrected chi connectivity index (χ1v) is 6.89. The maximum absolute atomic E-state index is 11.7. The lowest BCUT2D eigenvalue weighted by atomic mass is 10.2. The van der Waals surface area contributed by atoms with Gasteiger partial charge in [-0.15, -0.1) is 11.6 Å². The maximum atomic E-state index is 11.7. The van der Waals surface area contributed by atoms with Crippen LogP contribution in [0.15, 0.2) is 18.2 Å². The van der Waals surface area contributed by atoms with Crippen LogP contribution in [-0.2, 0) is 4.79 Å². The normalized spacial score (nSPS) is 10.1. The van der Waals surface area contributed by atoms with Crippen LogP contribution >= 0.6 is 11.6 Å². The molecule has 0 fully saturated rings. The third-order valence-electron chi connectivity index (χ3n) is 2.54. The highest BCUT2D eigenvalue weighted by Gasteiger charge is 2.17. The van der Waals surface area contributed by atoms with Crippen LogP contribution in [0.3, 0.4) is 0 Å². The molecule has 0 unspecified atom stereocenters. The van der Waals surface area contributed by atoms with Crippen molar-refractivity contribution in [2.75, 3.05) is 17.8 Å². The minimum atomic E-state index is -0.545. The molecule has 20 heavy (non-hydrogen) atoms. The molecule has 0 heterocycles. The van der Waals surface area contributed by atoms with Crippen molar-refractivity contribution in [2.45, 2.75) is 26.2 Å². The molecule has 1 amide bonds. The summed E-state index contributed by atoms with van der Waals surface area (Å²) >= 11 is 5.52. The Morgan fingerprint density at radius 3 is 2.80 bits per heavy atom. The quantitative estimate of drug-likeness (QED) is 0.345. The van der Waals surface area contributed by atoms with Crippen LogP contribution in [0.2, 0.25) is 0 Å². The summed E-state index contributed by atoms with van der Waals surface area (Å²) in [5, 5.41) is 13.5. The van der Waals surface area contributed by atoms with Crippen molar-refractivity contribution >= 4 is 28.9 Å². The van der Waals surface area contributed by atoms with Gasteiger partial charge >= 0.3 is 0 Å². The number of carbonyl (C=O) groups excluding carboxylic acids is 1. The van der Waals surface area contributed by atoms with E-state index in [4.69, 9.17) is 16.3 Å². The molecule has 110 valence electrons. The molecule has 1 aromatic carbocycles. The first-order valence-electron chi connectivity index (χ1n) is 6.35. The standard InChI is InChI=1S/C13H17ClN2O4/c1-2-20-10-6-7-11(12(9-10)16(18)19)15-13(17)5-3-4-8-14/h6-7,9H,2-5,8H2,1H3,(H,15,17). The number of halogens is 1. The van der Waals surface area contributed by atoms with Crippen molar-refractivity contribution in [3.63, 3.8) is 0 Å². The van der Waals surface area contributed by atoms with E-state index >= 15 is 0 Å². The van der Waals surface area contributed by atoms with Crippen LogP contribution in [0, 0.1) is 10.1 Å². The van der Waals surface area contributed by atoms with Gasteiger partial charge in [0.2, 0.25) is 5.91 Å². The zero-order chi connectivity index (χ0) is 15.0. The lowest BCUT2D eigenvalue weighted by Gasteiger charge is -2.08. The van der Waals surface area contributed by atoms with Crippen molar-refractivity contribution in [3.05, 3.63) is 28.3 Å². The Hall–Kier alpha value is -1.82. The summed E-state index contributed by atoms with van der Waals surface area (Å²) in [7, 11) is 0. The van der Waals surface area contributed by atoms with Gasteiger partial charge in [-0.05, 0) is 31.9 Å². The number of carbonyl (C=O) groups is 1. The Morgan fingerprint density at radius 1 is 1.45 bits per heavy atom. The molecule has 0 radical (unpaired) electrons. The number of ether oxygens (including phenoxy) is 1. The Morgan fingerprint density at radius 2 is 2.20 bits per heavy atom. The van der Waals surface area contributed by atoms with Crippen molar-refractivity contribution in [1.82, 2.24) is 0 Å². The molecule has 0 atom stereocenters. The number of amides is 1. The molecule has 7 heteroatoms. The van der Waals surface area contributed by atoms with Crippen LogP contribution in [0.4, 0.5) is 11.4 Å². The van der Waals surface area contributed by atoms with Gasteiger partial charge in [0.05, 0.1) is 17.6 Å². The summed E-state index contributed by atoms with van der Waals surface area (Å²) in [5.41, 5.74) is -0.00373. The summed E-state index contributed by atoms with van der Waals surface area (Å²) in [6.45, 7) is 2.21. The molecule has 0 saturated heterocycles. The van der Waals surface area contributed by atoms with Crippen molar-refractivity contribution in [3.8, 4) is 5.75 Å². The molecular weight excluding hydrogens is 284 g/mol. The van der Waals surface area contributed by atoms with Gasteiger partial charge in [-0.2, -0.15) is 0 Å². The number of hydrogen-bond donors (Lipinski definition) is 1. The summed E-state index contributed by atoms with van der Waals surface area (Å²) < 4.78 is 5.20. The van der Waals surface area contributed by atoms with Gasteiger partial charge in [-0.1, -0.05) is 0 Å². The molecule has 0 aromatic heterocycles. The first kappa shape index (κ1) is 16.2. The Labute approximate surface area is 122 Å². The summed E-state index contributed by atoms with van der Waals surface area (Å²) in [6.07, 6.45) is 1.68. The van der Waals surface area contributed by atoms with E-state index in [-0.39, 0.29) is 23.7 Å². The van der Waals surface area contributed by atoms with E-state index in [9.17, 15) is 14.9 Å². The monoisotopic (exact) mass is 300 g/mol. The van der Waals surface area contributed by atoms with E-state index in [1.165, 1.54) is 12.1 Å². The lowest BCUT2D eigenvalue weighted by Crippen LogP contribution is -2.12. The van der Waals surface area contributed by atoms with Crippen molar-refractivity contribution in [1.29, 1.82) is 0 Å².